The molecule has 40 heavy (non-hydrogen) atoms. The highest BCUT2D eigenvalue weighted by Crippen LogP contribution is 2.35. The van der Waals surface area contributed by atoms with E-state index in [0.29, 0.717) is 0 Å². The summed E-state index contributed by atoms with van der Waals surface area (Å²) in [6.45, 7) is 6.96. The minimum absolute atomic E-state index is 0.00234. The lowest BCUT2D eigenvalue weighted by atomic mass is 10.1. The molecule has 0 fully saturated rings. The number of amides is 2. The molecule has 0 spiro atoms. The van der Waals surface area contributed by atoms with E-state index >= 15 is 0 Å². The maximum atomic E-state index is 14.0. The van der Waals surface area contributed by atoms with Crippen LogP contribution in [-0.4, -0.2) is 50.9 Å². The molecule has 0 aliphatic heterocycles. The Labute approximate surface area is 241 Å². The van der Waals surface area contributed by atoms with Gasteiger partial charge in [-0.25, -0.2) is 8.42 Å². The first-order valence-corrected chi connectivity index (χ1v) is 14.9. The minimum Gasteiger partial charge on any atom is -0.495 e. The molecule has 3 aromatic carbocycles. The molecular weight excluding hydrogens is 550 g/mol. The van der Waals surface area contributed by atoms with Gasteiger partial charge in [0.25, 0.3) is 10.0 Å². The van der Waals surface area contributed by atoms with Gasteiger partial charge in [0.2, 0.25) is 11.8 Å². The van der Waals surface area contributed by atoms with Crippen LogP contribution in [0.25, 0.3) is 0 Å². The molecule has 0 heterocycles. The van der Waals surface area contributed by atoms with Crippen molar-refractivity contribution >= 4 is 39.1 Å². The predicted molar refractivity (Wildman–Crippen MR) is 158 cm³/mol. The lowest BCUT2D eigenvalue weighted by Crippen LogP contribution is -2.52. The molecule has 3 rings (SSSR count). The lowest BCUT2D eigenvalue weighted by molar-refractivity contribution is -0.139. The minimum atomic E-state index is -4.23. The Morgan fingerprint density at radius 3 is 2.25 bits per heavy atom. The summed E-state index contributed by atoms with van der Waals surface area (Å²) in [7, 11) is -2.82. The molecular formula is C30H36ClN3O5S. The second kappa shape index (κ2) is 13.7. The van der Waals surface area contributed by atoms with Crippen molar-refractivity contribution < 1.29 is 22.7 Å². The van der Waals surface area contributed by atoms with Crippen LogP contribution in [-0.2, 0) is 26.2 Å². The van der Waals surface area contributed by atoms with Crippen molar-refractivity contribution in [2.24, 2.45) is 0 Å². The maximum absolute atomic E-state index is 14.0. The number of rotatable bonds is 12. The molecule has 2 amide bonds. The zero-order chi connectivity index (χ0) is 29.4. The van der Waals surface area contributed by atoms with E-state index in [0.717, 1.165) is 21.9 Å². The topological polar surface area (TPSA) is 96.0 Å². The molecule has 0 radical (unpaired) electrons. The molecule has 0 bridgehead atoms. The highest BCUT2D eigenvalue weighted by molar-refractivity contribution is 7.92. The van der Waals surface area contributed by atoms with Crippen molar-refractivity contribution in [3.8, 4) is 5.75 Å². The summed E-state index contributed by atoms with van der Waals surface area (Å²) >= 11 is 6.26. The molecule has 1 N–H and O–H groups in total. The summed E-state index contributed by atoms with van der Waals surface area (Å²) in [5.74, 6) is -0.661. The molecule has 0 saturated heterocycles. The van der Waals surface area contributed by atoms with Gasteiger partial charge >= 0.3 is 0 Å². The number of benzene rings is 3. The Hall–Kier alpha value is -3.56. The summed E-state index contributed by atoms with van der Waals surface area (Å²) in [5.41, 5.74) is 1.97. The lowest BCUT2D eigenvalue weighted by Gasteiger charge is -2.33. The third-order valence-electron chi connectivity index (χ3n) is 6.66. The fraction of sp³-hybridized carbons (Fsp3) is 0.333. The van der Waals surface area contributed by atoms with Crippen LogP contribution in [0.15, 0.2) is 77.7 Å². The van der Waals surface area contributed by atoms with Crippen LogP contribution in [0.1, 0.15) is 38.3 Å². The molecule has 3 aromatic rings. The van der Waals surface area contributed by atoms with E-state index in [2.05, 4.69) is 5.32 Å². The highest BCUT2D eigenvalue weighted by Gasteiger charge is 2.34. The van der Waals surface area contributed by atoms with Gasteiger partial charge < -0.3 is 15.0 Å². The van der Waals surface area contributed by atoms with Crippen LogP contribution in [0.2, 0.25) is 5.02 Å². The van der Waals surface area contributed by atoms with E-state index in [9.17, 15) is 18.0 Å². The number of halogens is 1. The summed E-state index contributed by atoms with van der Waals surface area (Å²) in [4.78, 5) is 28.6. The smallest absolute Gasteiger partial charge is 0.264 e. The second-order valence-electron chi connectivity index (χ2n) is 9.64. The molecule has 0 aliphatic carbocycles. The number of methoxy groups -OCH3 is 1. The summed E-state index contributed by atoms with van der Waals surface area (Å²) in [6.07, 6.45) is 0.724. The van der Waals surface area contributed by atoms with Gasteiger partial charge in [0.15, 0.2) is 0 Å². The molecule has 0 saturated carbocycles. The van der Waals surface area contributed by atoms with Gasteiger partial charge in [-0.1, -0.05) is 66.6 Å². The van der Waals surface area contributed by atoms with Gasteiger partial charge in [-0.05, 0) is 63.1 Å². The number of ether oxygens (including phenoxy) is 1. The SMILES string of the molecule is CC[C@H](C)NC(=O)[C@H](C)N(Cc1ccc(C)cc1)C(=O)CN(c1cc(Cl)ccc1OC)S(=O)(=O)c1ccccc1. The number of carbonyl (C=O) groups is 2. The Kier molecular flexibility index (Phi) is 10.6. The molecule has 8 nitrogen and oxygen atoms in total. The van der Waals surface area contributed by atoms with Gasteiger partial charge in [-0.2, -0.15) is 0 Å². The summed E-state index contributed by atoms with van der Waals surface area (Å²) < 4.78 is 34.3. The van der Waals surface area contributed by atoms with Gasteiger partial charge in [0.05, 0.1) is 17.7 Å². The van der Waals surface area contributed by atoms with Gasteiger partial charge in [0, 0.05) is 17.6 Å². The summed E-state index contributed by atoms with van der Waals surface area (Å²) in [6, 6.07) is 19.0. The van der Waals surface area contributed by atoms with Crippen molar-refractivity contribution in [1.29, 1.82) is 0 Å². The molecule has 2 atom stereocenters. The average molecular weight is 586 g/mol. The normalized spacial score (nSPS) is 12.8. The Morgan fingerprint density at radius 2 is 1.65 bits per heavy atom. The number of nitrogens with zero attached hydrogens (tertiary/aromatic N) is 2. The van der Waals surface area contributed by atoms with Crippen LogP contribution < -0.4 is 14.4 Å². The van der Waals surface area contributed by atoms with E-state index in [4.69, 9.17) is 16.3 Å². The van der Waals surface area contributed by atoms with Crippen LogP contribution in [0.3, 0.4) is 0 Å². The molecule has 0 unspecified atom stereocenters. The van der Waals surface area contributed by atoms with Gasteiger partial charge in [-0.3, -0.25) is 13.9 Å². The molecule has 0 aromatic heterocycles. The van der Waals surface area contributed by atoms with Crippen LogP contribution in [0.5, 0.6) is 5.75 Å². The number of hydrogen-bond acceptors (Lipinski definition) is 5. The van der Waals surface area contributed by atoms with Crippen molar-refractivity contribution in [2.45, 2.75) is 57.6 Å². The van der Waals surface area contributed by atoms with Crippen LogP contribution in [0.4, 0.5) is 5.69 Å². The summed E-state index contributed by atoms with van der Waals surface area (Å²) in [5, 5.41) is 3.20. The number of sulfonamides is 1. The predicted octanol–water partition coefficient (Wildman–Crippen LogP) is 5.18. The number of carbonyl (C=O) groups excluding carboxylic acids is 2. The second-order valence-corrected chi connectivity index (χ2v) is 11.9. The van der Waals surface area contributed by atoms with Gasteiger partial charge in [0.1, 0.15) is 18.3 Å². The number of aryl methyl sites for hydroxylation is 1. The van der Waals surface area contributed by atoms with E-state index in [1.54, 1.807) is 37.3 Å². The Balaban J connectivity index is 2.08. The van der Waals surface area contributed by atoms with Crippen molar-refractivity contribution in [2.75, 3.05) is 18.0 Å². The number of hydrogen-bond donors (Lipinski definition) is 1. The first kappa shape index (κ1) is 31.0. The average Bonchev–Trinajstić information content (AvgIpc) is 2.95. The maximum Gasteiger partial charge on any atom is 0.264 e. The zero-order valence-corrected chi connectivity index (χ0v) is 25.0. The molecule has 0 aliphatic rings. The largest absolute Gasteiger partial charge is 0.495 e. The molecule has 10 heteroatoms. The van der Waals surface area contributed by atoms with E-state index in [-0.39, 0.29) is 39.8 Å². The van der Waals surface area contributed by atoms with Crippen molar-refractivity contribution in [3.63, 3.8) is 0 Å². The first-order chi connectivity index (χ1) is 19.0. The van der Waals surface area contributed by atoms with Crippen molar-refractivity contribution in [3.05, 3.63) is 88.9 Å². The fourth-order valence-corrected chi connectivity index (χ4v) is 5.63. The molecule has 214 valence electrons. The highest BCUT2D eigenvalue weighted by atomic mass is 35.5. The fourth-order valence-electron chi connectivity index (χ4n) is 4.03. The third-order valence-corrected chi connectivity index (χ3v) is 8.67. The number of nitrogens with one attached hydrogen (secondary N) is 1. The van der Waals surface area contributed by atoms with Gasteiger partial charge in [-0.15, -0.1) is 0 Å². The quantitative estimate of drug-likeness (QED) is 0.316. The van der Waals surface area contributed by atoms with E-state index < -0.39 is 28.5 Å². The Bertz CT molecular complexity index is 1420. The van der Waals surface area contributed by atoms with E-state index in [1.807, 2.05) is 45.0 Å². The third kappa shape index (κ3) is 7.55. The Morgan fingerprint density at radius 1 is 1.00 bits per heavy atom. The van der Waals surface area contributed by atoms with Crippen LogP contribution >= 0.6 is 11.6 Å². The first-order valence-electron chi connectivity index (χ1n) is 13.0. The standard InChI is InChI=1S/C30H36ClN3O5S/c1-6-22(3)32-30(36)23(4)33(19-24-14-12-21(2)13-15-24)29(35)20-34(27-18-25(31)16-17-28(27)39-5)40(37,38)26-10-8-7-9-11-26/h7-18,22-23H,6,19-20H2,1-5H3,(H,32,36)/t22-,23-/m0/s1. The number of anilines is 1. The monoisotopic (exact) mass is 585 g/mol. The van der Waals surface area contributed by atoms with Crippen molar-refractivity contribution in [1.82, 2.24) is 10.2 Å². The zero-order valence-electron chi connectivity index (χ0n) is 23.4. The van der Waals surface area contributed by atoms with E-state index in [1.165, 1.54) is 30.2 Å². The van der Waals surface area contributed by atoms with Crippen LogP contribution in [0, 0.1) is 6.92 Å².